The van der Waals surface area contributed by atoms with Gasteiger partial charge in [0.25, 0.3) is 0 Å². The zero-order chi connectivity index (χ0) is 10.1. The molecule has 0 aromatic rings. The minimum atomic E-state index is 0.0388. The number of carbonyl (C=O) groups excluding carboxylic acids is 2. The first-order valence-electron chi connectivity index (χ1n) is 4.92. The maximum absolute atomic E-state index is 11.7. The molecular formula is C9H15N3O2. The molecule has 0 saturated carbocycles. The lowest BCUT2D eigenvalue weighted by Crippen LogP contribution is -2.57. The average molecular weight is 197 g/mol. The second-order valence-electron chi connectivity index (χ2n) is 3.93. The van der Waals surface area contributed by atoms with Gasteiger partial charge < -0.3 is 15.1 Å². The number of likely N-dealkylation sites (N-methyl/N-ethyl adjacent to an activating group) is 1. The normalized spacial score (nSPS) is 23.6. The lowest BCUT2D eigenvalue weighted by Gasteiger charge is -2.36. The van der Waals surface area contributed by atoms with Crippen molar-refractivity contribution in [3.05, 3.63) is 0 Å². The van der Waals surface area contributed by atoms with E-state index in [2.05, 4.69) is 5.32 Å². The highest BCUT2D eigenvalue weighted by Gasteiger charge is 2.32. The Balaban J connectivity index is 1.92. The second-order valence-corrected chi connectivity index (χ2v) is 3.93. The van der Waals surface area contributed by atoms with E-state index in [0.29, 0.717) is 13.1 Å². The number of piperazine rings is 1. The third-order valence-electron chi connectivity index (χ3n) is 2.90. The van der Waals surface area contributed by atoms with E-state index in [0.717, 1.165) is 13.1 Å². The Morgan fingerprint density at radius 2 is 2.14 bits per heavy atom. The molecule has 0 aromatic carbocycles. The second kappa shape index (κ2) is 3.57. The summed E-state index contributed by atoms with van der Waals surface area (Å²) < 4.78 is 0. The number of nitrogens with one attached hydrogen (secondary N) is 1. The predicted molar refractivity (Wildman–Crippen MR) is 50.6 cm³/mol. The molecule has 2 rings (SSSR count). The SMILES string of the molecule is CN1CCN(C(=O)C2CNC2)CC1=O. The third kappa shape index (κ3) is 1.59. The molecule has 0 aromatic heterocycles. The number of nitrogens with zero attached hydrogens (tertiary/aromatic N) is 2. The van der Waals surface area contributed by atoms with Gasteiger partial charge in [0, 0.05) is 33.2 Å². The van der Waals surface area contributed by atoms with Crippen LogP contribution in [-0.2, 0) is 9.59 Å². The van der Waals surface area contributed by atoms with Gasteiger partial charge in [-0.3, -0.25) is 9.59 Å². The molecule has 0 spiro atoms. The van der Waals surface area contributed by atoms with Crippen LogP contribution in [0.2, 0.25) is 0 Å². The molecule has 2 heterocycles. The summed E-state index contributed by atoms with van der Waals surface area (Å²) in [6.45, 7) is 3.12. The van der Waals surface area contributed by atoms with Crippen LogP contribution >= 0.6 is 0 Å². The van der Waals surface area contributed by atoms with Crippen molar-refractivity contribution in [1.29, 1.82) is 0 Å². The first-order chi connectivity index (χ1) is 6.68. The van der Waals surface area contributed by atoms with Gasteiger partial charge in [-0.2, -0.15) is 0 Å². The molecule has 5 heteroatoms. The zero-order valence-corrected chi connectivity index (χ0v) is 8.32. The smallest absolute Gasteiger partial charge is 0.241 e. The van der Waals surface area contributed by atoms with E-state index in [4.69, 9.17) is 0 Å². The van der Waals surface area contributed by atoms with Gasteiger partial charge >= 0.3 is 0 Å². The molecule has 14 heavy (non-hydrogen) atoms. The molecule has 0 bridgehead atoms. The van der Waals surface area contributed by atoms with Crippen LogP contribution in [0.3, 0.4) is 0 Å². The van der Waals surface area contributed by atoms with E-state index >= 15 is 0 Å². The molecule has 2 aliphatic heterocycles. The summed E-state index contributed by atoms with van der Waals surface area (Å²) in [5.41, 5.74) is 0. The molecular weight excluding hydrogens is 182 g/mol. The largest absolute Gasteiger partial charge is 0.342 e. The van der Waals surface area contributed by atoms with Crippen LogP contribution in [0.4, 0.5) is 0 Å². The van der Waals surface area contributed by atoms with E-state index < -0.39 is 0 Å². The Morgan fingerprint density at radius 1 is 1.43 bits per heavy atom. The van der Waals surface area contributed by atoms with Crippen molar-refractivity contribution < 1.29 is 9.59 Å². The summed E-state index contributed by atoms with van der Waals surface area (Å²) in [7, 11) is 1.77. The standard InChI is InChI=1S/C9H15N3O2/c1-11-2-3-12(6-8(11)13)9(14)7-4-10-5-7/h7,10H,2-6H2,1H3. The molecule has 1 N–H and O–H groups in total. The Kier molecular flexibility index (Phi) is 2.41. The molecule has 5 nitrogen and oxygen atoms in total. The van der Waals surface area contributed by atoms with Crippen molar-refractivity contribution in [3.63, 3.8) is 0 Å². The molecule has 0 unspecified atom stereocenters. The molecule has 2 fully saturated rings. The van der Waals surface area contributed by atoms with Crippen LogP contribution in [0.5, 0.6) is 0 Å². The van der Waals surface area contributed by atoms with Crippen LogP contribution in [0.25, 0.3) is 0 Å². The van der Waals surface area contributed by atoms with Crippen molar-refractivity contribution in [2.45, 2.75) is 0 Å². The maximum atomic E-state index is 11.7. The molecule has 2 aliphatic rings. The summed E-state index contributed by atoms with van der Waals surface area (Å²) >= 11 is 0. The van der Waals surface area contributed by atoms with Crippen LogP contribution in [0, 0.1) is 5.92 Å². The highest BCUT2D eigenvalue weighted by molar-refractivity contribution is 5.87. The van der Waals surface area contributed by atoms with Gasteiger partial charge in [-0.05, 0) is 0 Å². The van der Waals surface area contributed by atoms with Crippen LogP contribution in [0.15, 0.2) is 0 Å². The average Bonchev–Trinajstić information content (AvgIpc) is 2.06. The molecule has 2 saturated heterocycles. The van der Waals surface area contributed by atoms with E-state index in [1.165, 1.54) is 0 Å². The number of amides is 2. The quantitative estimate of drug-likeness (QED) is 0.557. The zero-order valence-electron chi connectivity index (χ0n) is 8.32. The van der Waals surface area contributed by atoms with E-state index in [-0.39, 0.29) is 24.3 Å². The Bertz CT molecular complexity index is 263. The van der Waals surface area contributed by atoms with Crippen LogP contribution < -0.4 is 5.32 Å². The Labute approximate surface area is 83.0 Å². The first-order valence-corrected chi connectivity index (χ1v) is 4.92. The number of rotatable bonds is 1. The highest BCUT2D eigenvalue weighted by Crippen LogP contribution is 2.10. The minimum absolute atomic E-state index is 0.0388. The number of hydrogen-bond donors (Lipinski definition) is 1. The van der Waals surface area contributed by atoms with Crippen molar-refractivity contribution in [1.82, 2.24) is 15.1 Å². The summed E-state index contributed by atoms with van der Waals surface area (Å²) in [5.74, 6) is 0.272. The van der Waals surface area contributed by atoms with E-state index in [1.54, 1.807) is 16.8 Å². The van der Waals surface area contributed by atoms with Crippen LogP contribution in [-0.4, -0.2) is 61.4 Å². The third-order valence-corrected chi connectivity index (χ3v) is 2.90. The molecule has 0 aliphatic carbocycles. The summed E-state index contributed by atoms with van der Waals surface area (Å²) in [4.78, 5) is 26.4. The topological polar surface area (TPSA) is 52.6 Å². The fourth-order valence-electron chi connectivity index (χ4n) is 1.67. The van der Waals surface area contributed by atoms with Crippen molar-refractivity contribution in [3.8, 4) is 0 Å². The highest BCUT2D eigenvalue weighted by atomic mass is 16.2. The maximum Gasteiger partial charge on any atom is 0.241 e. The minimum Gasteiger partial charge on any atom is -0.342 e. The number of carbonyl (C=O) groups is 2. The molecule has 2 amide bonds. The van der Waals surface area contributed by atoms with Gasteiger partial charge in [0.05, 0.1) is 12.5 Å². The molecule has 78 valence electrons. The first kappa shape index (κ1) is 9.45. The number of hydrogen-bond acceptors (Lipinski definition) is 3. The van der Waals surface area contributed by atoms with Crippen molar-refractivity contribution in [2.75, 3.05) is 39.8 Å². The molecule has 0 atom stereocenters. The van der Waals surface area contributed by atoms with Gasteiger partial charge in [-0.15, -0.1) is 0 Å². The van der Waals surface area contributed by atoms with E-state index in [9.17, 15) is 9.59 Å². The van der Waals surface area contributed by atoms with Crippen molar-refractivity contribution >= 4 is 11.8 Å². The molecule has 0 radical (unpaired) electrons. The van der Waals surface area contributed by atoms with Gasteiger partial charge in [-0.1, -0.05) is 0 Å². The summed E-state index contributed by atoms with van der Waals surface area (Å²) in [6.07, 6.45) is 0. The predicted octanol–water partition coefficient (Wildman–Crippen LogP) is -1.49. The van der Waals surface area contributed by atoms with Gasteiger partial charge in [-0.25, -0.2) is 0 Å². The van der Waals surface area contributed by atoms with Gasteiger partial charge in [0.1, 0.15) is 0 Å². The van der Waals surface area contributed by atoms with Crippen LogP contribution in [0.1, 0.15) is 0 Å². The van der Waals surface area contributed by atoms with Gasteiger partial charge in [0.15, 0.2) is 0 Å². The monoisotopic (exact) mass is 197 g/mol. The lowest BCUT2D eigenvalue weighted by molar-refractivity contribution is -0.147. The van der Waals surface area contributed by atoms with Crippen molar-refractivity contribution in [2.24, 2.45) is 5.92 Å². The van der Waals surface area contributed by atoms with Gasteiger partial charge in [0.2, 0.25) is 11.8 Å². The summed E-state index contributed by atoms with van der Waals surface area (Å²) in [5, 5.41) is 3.06. The Hall–Kier alpha value is -1.10. The fraction of sp³-hybridized carbons (Fsp3) is 0.778. The lowest BCUT2D eigenvalue weighted by atomic mass is 10.0. The van der Waals surface area contributed by atoms with E-state index in [1.807, 2.05) is 0 Å². The summed E-state index contributed by atoms with van der Waals surface area (Å²) in [6, 6.07) is 0. The fourth-order valence-corrected chi connectivity index (χ4v) is 1.67. The Morgan fingerprint density at radius 3 is 2.64 bits per heavy atom.